The zero-order chi connectivity index (χ0) is 13.9. The van der Waals surface area contributed by atoms with Crippen molar-refractivity contribution in [1.29, 1.82) is 0 Å². The SMILES string of the molecule is CC(Br)CCN(C)S(=O)(=O)c1cc(Cl)ccc1Cl. The maximum atomic E-state index is 12.3. The van der Waals surface area contributed by atoms with Gasteiger partial charge in [0.1, 0.15) is 4.90 Å². The highest BCUT2D eigenvalue weighted by Crippen LogP contribution is 2.27. The van der Waals surface area contributed by atoms with Crippen LogP contribution in [0.3, 0.4) is 0 Å². The summed E-state index contributed by atoms with van der Waals surface area (Å²) in [6.07, 6.45) is 0.716. The zero-order valence-corrected chi connectivity index (χ0v) is 13.9. The third kappa shape index (κ3) is 4.10. The van der Waals surface area contributed by atoms with Crippen LogP contribution in [0.15, 0.2) is 23.1 Å². The monoisotopic (exact) mass is 373 g/mol. The van der Waals surface area contributed by atoms with Gasteiger partial charge >= 0.3 is 0 Å². The van der Waals surface area contributed by atoms with Crippen molar-refractivity contribution in [3.63, 3.8) is 0 Å². The van der Waals surface area contributed by atoms with Crippen LogP contribution in [-0.2, 0) is 10.0 Å². The number of alkyl halides is 1. The van der Waals surface area contributed by atoms with Crippen molar-refractivity contribution in [1.82, 2.24) is 4.31 Å². The number of halogens is 3. The van der Waals surface area contributed by atoms with Gasteiger partial charge in [0, 0.05) is 23.4 Å². The van der Waals surface area contributed by atoms with Gasteiger partial charge in [-0.25, -0.2) is 12.7 Å². The Kier molecular flexibility index (Phi) is 5.93. The molecule has 3 nitrogen and oxygen atoms in total. The third-order valence-corrected chi connectivity index (χ3v) is 5.45. The van der Waals surface area contributed by atoms with E-state index in [4.69, 9.17) is 23.2 Å². The van der Waals surface area contributed by atoms with Gasteiger partial charge in [-0.2, -0.15) is 0 Å². The molecule has 0 aromatic heterocycles. The molecule has 0 saturated heterocycles. The molecule has 0 saturated carbocycles. The lowest BCUT2D eigenvalue weighted by molar-refractivity contribution is 0.462. The van der Waals surface area contributed by atoms with Gasteiger partial charge in [0.25, 0.3) is 0 Å². The molecule has 18 heavy (non-hydrogen) atoms. The number of hydrogen-bond donors (Lipinski definition) is 0. The van der Waals surface area contributed by atoms with Crippen molar-refractivity contribution in [2.75, 3.05) is 13.6 Å². The van der Waals surface area contributed by atoms with Crippen molar-refractivity contribution >= 4 is 49.2 Å². The first-order valence-electron chi connectivity index (χ1n) is 5.30. The van der Waals surface area contributed by atoms with E-state index >= 15 is 0 Å². The molecular formula is C11H14BrCl2NO2S. The molecule has 1 rings (SSSR count). The molecule has 102 valence electrons. The van der Waals surface area contributed by atoms with Crippen LogP contribution >= 0.6 is 39.1 Å². The van der Waals surface area contributed by atoms with E-state index in [2.05, 4.69) is 15.9 Å². The molecule has 0 heterocycles. The molecule has 7 heteroatoms. The fourth-order valence-electron chi connectivity index (χ4n) is 1.32. The Bertz CT molecular complexity index is 520. The van der Waals surface area contributed by atoms with E-state index in [0.717, 1.165) is 0 Å². The van der Waals surface area contributed by atoms with Crippen molar-refractivity contribution < 1.29 is 8.42 Å². The molecule has 0 aliphatic heterocycles. The van der Waals surface area contributed by atoms with Gasteiger partial charge in [0.15, 0.2) is 0 Å². The van der Waals surface area contributed by atoms with Gasteiger partial charge in [0.2, 0.25) is 10.0 Å². The Morgan fingerprint density at radius 3 is 2.56 bits per heavy atom. The number of hydrogen-bond acceptors (Lipinski definition) is 2. The smallest absolute Gasteiger partial charge is 0.207 e. The second-order valence-electron chi connectivity index (χ2n) is 3.97. The molecule has 0 fully saturated rings. The van der Waals surface area contributed by atoms with Gasteiger partial charge in [-0.3, -0.25) is 0 Å². The first-order valence-corrected chi connectivity index (χ1v) is 8.41. The van der Waals surface area contributed by atoms with Crippen LogP contribution < -0.4 is 0 Å². The summed E-state index contributed by atoms with van der Waals surface area (Å²) in [5.74, 6) is 0. The Morgan fingerprint density at radius 1 is 1.39 bits per heavy atom. The molecule has 1 aromatic rings. The predicted octanol–water partition coefficient (Wildman–Crippen LogP) is 3.79. The van der Waals surface area contributed by atoms with Crippen molar-refractivity contribution in [3.05, 3.63) is 28.2 Å². The van der Waals surface area contributed by atoms with Gasteiger partial charge in [-0.15, -0.1) is 0 Å². The van der Waals surface area contributed by atoms with E-state index in [0.29, 0.717) is 18.0 Å². The molecule has 1 atom stereocenters. The van der Waals surface area contributed by atoms with Crippen LogP contribution in [0.2, 0.25) is 10.0 Å². The molecule has 0 amide bonds. The minimum atomic E-state index is -3.59. The third-order valence-electron chi connectivity index (χ3n) is 2.42. The topological polar surface area (TPSA) is 37.4 Å². The second kappa shape index (κ2) is 6.57. The van der Waals surface area contributed by atoms with Gasteiger partial charge in [-0.05, 0) is 24.6 Å². The van der Waals surface area contributed by atoms with Gasteiger partial charge in [0.05, 0.1) is 5.02 Å². The van der Waals surface area contributed by atoms with Crippen LogP contribution in [0.4, 0.5) is 0 Å². The lowest BCUT2D eigenvalue weighted by Crippen LogP contribution is -2.29. The molecular weight excluding hydrogens is 361 g/mol. The summed E-state index contributed by atoms with van der Waals surface area (Å²) in [5.41, 5.74) is 0. The standard InChI is InChI=1S/C11H14BrCl2NO2S/c1-8(12)5-6-15(2)18(16,17)11-7-9(13)3-4-10(11)14/h3-4,7-8H,5-6H2,1-2H3. The maximum absolute atomic E-state index is 12.3. The minimum absolute atomic E-state index is 0.0430. The summed E-state index contributed by atoms with van der Waals surface area (Å²) >= 11 is 15.1. The van der Waals surface area contributed by atoms with Gasteiger partial charge in [-0.1, -0.05) is 46.1 Å². The number of benzene rings is 1. The van der Waals surface area contributed by atoms with Crippen LogP contribution in [0.25, 0.3) is 0 Å². The second-order valence-corrected chi connectivity index (χ2v) is 8.39. The normalized spacial score (nSPS) is 13.9. The molecule has 1 aromatic carbocycles. The number of nitrogens with zero attached hydrogens (tertiary/aromatic N) is 1. The maximum Gasteiger partial charge on any atom is 0.244 e. The molecule has 1 unspecified atom stereocenters. The Morgan fingerprint density at radius 2 is 2.00 bits per heavy atom. The Balaban J connectivity index is 3.02. The minimum Gasteiger partial charge on any atom is -0.207 e. The highest BCUT2D eigenvalue weighted by atomic mass is 79.9. The van der Waals surface area contributed by atoms with E-state index in [1.807, 2.05) is 6.92 Å². The van der Waals surface area contributed by atoms with Crippen molar-refractivity contribution in [2.24, 2.45) is 0 Å². The van der Waals surface area contributed by atoms with Crippen LogP contribution in [0, 0.1) is 0 Å². The van der Waals surface area contributed by atoms with Gasteiger partial charge < -0.3 is 0 Å². The zero-order valence-electron chi connectivity index (χ0n) is 10.0. The molecule has 0 radical (unpaired) electrons. The molecule has 0 aliphatic carbocycles. The van der Waals surface area contributed by atoms with Crippen LogP contribution in [-0.4, -0.2) is 31.1 Å². The van der Waals surface area contributed by atoms with E-state index in [9.17, 15) is 8.42 Å². The number of sulfonamides is 1. The summed E-state index contributed by atoms with van der Waals surface area (Å²) in [4.78, 5) is 0.298. The fraction of sp³-hybridized carbons (Fsp3) is 0.455. The predicted molar refractivity (Wildman–Crippen MR) is 79.3 cm³/mol. The van der Waals surface area contributed by atoms with Crippen molar-refractivity contribution in [2.45, 2.75) is 23.1 Å². The average Bonchev–Trinajstić information content (AvgIpc) is 2.28. The largest absolute Gasteiger partial charge is 0.244 e. The first kappa shape index (κ1) is 16.2. The first-order chi connectivity index (χ1) is 8.25. The fourth-order valence-corrected chi connectivity index (χ4v) is 3.45. The Hall–Kier alpha value is 0.190. The quantitative estimate of drug-likeness (QED) is 0.735. The molecule has 0 N–H and O–H groups in total. The summed E-state index contributed by atoms with van der Waals surface area (Å²) in [5, 5.41) is 0.526. The Labute approximate surface area is 126 Å². The molecule has 0 spiro atoms. The highest BCUT2D eigenvalue weighted by Gasteiger charge is 2.23. The lowest BCUT2D eigenvalue weighted by Gasteiger charge is -2.18. The van der Waals surface area contributed by atoms with E-state index < -0.39 is 10.0 Å². The molecule has 0 aliphatic rings. The summed E-state index contributed by atoms with van der Waals surface area (Å²) in [7, 11) is -2.06. The van der Waals surface area contributed by atoms with E-state index in [1.165, 1.54) is 23.5 Å². The summed E-state index contributed by atoms with van der Waals surface area (Å²) < 4.78 is 25.9. The average molecular weight is 375 g/mol. The lowest BCUT2D eigenvalue weighted by atomic mass is 10.3. The van der Waals surface area contributed by atoms with Crippen molar-refractivity contribution in [3.8, 4) is 0 Å². The highest BCUT2D eigenvalue weighted by molar-refractivity contribution is 9.09. The van der Waals surface area contributed by atoms with Crippen LogP contribution in [0.1, 0.15) is 13.3 Å². The van der Waals surface area contributed by atoms with E-state index in [-0.39, 0.29) is 14.7 Å². The van der Waals surface area contributed by atoms with Crippen LogP contribution in [0.5, 0.6) is 0 Å². The summed E-state index contributed by atoms with van der Waals surface area (Å²) in [6, 6.07) is 4.41. The summed E-state index contributed by atoms with van der Waals surface area (Å²) in [6.45, 7) is 2.38. The number of rotatable bonds is 5. The molecule has 0 bridgehead atoms. The van der Waals surface area contributed by atoms with E-state index in [1.54, 1.807) is 6.07 Å².